The van der Waals surface area contributed by atoms with Crippen LogP contribution in [0, 0.1) is 0 Å². The van der Waals surface area contributed by atoms with Crippen LogP contribution in [0.2, 0.25) is 0 Å². The largest absolute Gasteiger partial charge is 0.464 e. The molecule has 1 aromatic carbocycles. The maximum Gasteiger partial charge on any atom is 0.336 e. The molecule has 0 bridgehead atoms. The lowest BCUT2D eigenvalue weighted by molar-refractivity contribution is -0.150. The van der Waals surface area contributed by atoms with Crippen LogP contribution in [-0.4, -0.2) is 18.5 Å². The van der Waals surface area contributed by atoms with Gasteiger partial charge in [-0.15, -0.1) is 0 Å². The number of furan rings is 1. The summed E-state index contributed by atoms with van der Waals surface area (Å²) in [7, 11) is 0. The predicted molar refractivity (Wildman–Crippen MR) is 84.3 cm³/mol. The van der Waals surface area contributed by atoms with E-state index < -0.39 is 17.4 Å². The Bertz CT molecular complexity index is 651. The summed E-state index contributed by atoms with van der Waals surface area (Å²) in [5.41, 5.74) is -0.685. The van der Waals surface area contributed by atoms with Crippen LogP contribution in [0.25, 0.3) is 0 Å². The molecule has 2 aromatic rings. The van der Waals surface area contributed by atoms with Gasteiger partial charge in [0.15, 0.2) is 11.3 Å². The molecule has 0 fully saturated rings. The molecule has 1 atom stereocenters. The highest BCUT2D eigenvalue weighted by Gasteiger charge is 2.39. The van der Waals surface area contributed by atoms with Gasteiger partial charge in [0.2, 0.25) is 0 Å². The standard InChI is InChI=1S/C16H16BrNO4/c1-3-21-15(20)16(2,11-6-8-12(17)9-7-11)18-14(19)13-5-4-10-22-13/h4-10H,3H2,1-2H3,(H,18,19). The molecular formula is C16H16BrNO4. The fourth-order valence-electron chi connectivity index (χ4n) is 2.00. The van der Waals surface area contributed by atoms with Crippen molar-refractivity contribution in [1.29, 1.82) is 0 Å². The van der Waals surface area contributed by atoms with Crippen LogP contribution in [0.5, 0.6) is 0 Å². The van der Waals surface area contributed by atoms with Gasteiger partial charge in [0, 0.05) is 4.47 Å². The van der Waals surface area contributed by atoms with Crippen LogP contribution in [-0.2, 0) is 15.1 Å². The van der Waals surface area contributed by atoms with E-state index in [0.717, 1.165) is 4.47 Å². The first-order valence-corrected chi connectivity index (χ1v) is 7.56. The lowest BCUT2D eigenvalue weighted by Crippen LogP contribution is -2.50. The molecule has 6 heteroatoms. The highest BCUT2D eigenvalue weighted by Crippen LogP contribution is 2.25. The van der Waals surface area contributed by atoms with E-state index in [1.165, 1.54) is 12.3 Å². The van der Waals surface area contributed by atoms with E-state index in [9.17, 15) is 9.59 Å². The summed E-state index contributed by atoms with van der Waals surface area (Å²) in [6.07, 6.45) is 1.40. The second-order valence-corrected chi connectivity index (χ2v) is 5.70. The van der Waals surface area contributed by atoms with Crippen LogP contribution in [0.4, 0.5) is 0 Å². The number of hydrogen-bond acceptors (Lipinski definition) is 4. The van der Waals surface area contributed by atoms with Gasteiger partial charge in [-0.2, -0.15) is 0 Å². The summed E-state index contributed by atoms with van der Waals surface area (Å²) in [6.45, 7) is 3.55. The summed E-state index contributed by atoms with van der Waals surface area (Å²) in [6, 6.07) is 10.2. The third-order valence-corrected chi connectivity index (χ3v) is 3.74. The smallest absolute Gasteiger partial charge is 0.336 e. The maximum absolute atomic E-state index is 12.4. The van der Waals surface area contributed by atoms with Gasteiger partial charge in [-0.05, 0) is 43.7 Å². The molecular weight excluding hydrogens is 350 g/mol. The fourth-order valence-corrected chi connectivity index (χ4v) is 2.26. The number of rotatable bonds is 5. The van der Waals surface area contributed by atoms with Gasteiger partial charge in [0.1, 0.15) is 0 Å². The zero-order chi connectivity index (χ0) is 16.2. The average molecular weight is 366 g/mol. The number of carbonyl (C=O) groups is 2. The number of ether oxygens (including phenoxy) is 1. The van der Waals surface area contributed by atoms with Crippen molar-refractivity contribution in [2.24, 2.45) is 0 Å². The summed E-state index contributed by atoms with van der Waals surface area (Å²) < 4.78 is 11.1. The van der Waals surface area contributed by atoms with Crippen LogP contribution in [0.1, 0.15) is 30.0 Å². The summed E-state index contributed by atoms with van der Waals surface area (Å²) >= 11 is 3.34. The number of benzene rings is 1. The zero-order valence-corrected chi connectivity index (χ0v) is 13.8. The molecule has 2 rings (SSSR count). The van der Waals surface area contributed by atoms with Crippen molar-refractivity contribution in [3.05, 3.63) is 58.5 Å². The Kier molecular flexibility index (Phi) is 5.03. The molecule has 0 saturated carbocycles. The van der Waals surface area contributed by atoms with E-state index >= 15 is 0 Å². The quantitative estimate of drug-likeness (QED) is 0.825. The molecule has 0 spiro atoms. The maximum atomic E-state index is 12.4. The minimum absolute atomic E-state index is 0.132. The van der Waals surface area contributed by atoms with Crippen LogP contribution >= 0.6 is 15.9 Å². The molecule has 1 amide bonds. The predicted octanol–water partition coefficient (Wildman–Crippen LogP) is 3.25. The normalized spacial score (nSPS) is 13.2. The van der Waals surface area contributed by atoms with Gasteiger partial charge >= 0.3 is 5.97 Å². The first-order chi connectivity index (χ1) is 10.5. The van der Waals surface area contributed by atoms with Crippen molar-refractivity contribution in [2.75, 3.05) is 6.61 Å². The zero-order valence-electron chi connectivity index (χ0n) is 12.3. The topological polar surface area (TPSA) is 68.5 Å². The lowest BCUT2D eigenvalue weighted by Gasteiger charge is -2.28. The van der Waals surface area contributed by atoms with Crippen molar-refractivity contribution in [1.82, 2.24) is 5.32 Å². The second kappa shape index (κ2) is 6.79. The average Bonchev–Trinajstić information content (AvgIpc) is 3.02. The van der Waals surface area contributed by atoms with E-state index in [0.29, 0.717) is 5.56 Å². The van der Waals surface area contributed by atoms with Gasteiger partial charge < -0.3 is 14.5 Å². The first kappa shape index (κ1) is 16.3. The van der Waals surface area contributed by atoms with Crippen LogP contribution in [0.3, 0.4) is 0 Å². The van der Waals surface area contributed by atoms with E-state index in [2.05, 4.69) is 21.2 Å². The number of amides is 1. The summed E-state index contributed by atoms with van der Waals surface area (Å²) in [5, 5.41) is 2.69. The molecule has 0 radical (unpaired) electrons. The van der Waals surface area contributed by atoms with Gasteiger partial charge in [0.05, 0.1) is 12.9 Å². The van der Waals surface area contributed by atoms with E-state index in [4.69, 9.17) is 9.15 Å². The van der Waals surface area contributed by atoms with Crippen LogP contribution < -0.4 is 5.32 Å². The van der Waals surface area contributed by atoms with Crippen molar-refractivity contribution in [3.8, 4) is 0 Å². The van der Waals surface area contributed by atoms with E-state index in [1.807, 2.05) is 0 Å². The Morgan fingerprint density at radius 1 is 1.27 bits per heavy atom. The molecule has 1 heterocycles. The Morgan fingerprint density at radius 2 is 1.95 bits per heavy atom. The third-order valence-electron chi connectivity index (χ3n) is 3.21. The van der Waals surface area contributed by atoms with E-state index in [-0.39, 0.29) is 12.4 Å². The highest BCUT2D eigenvalue weighted by atomic mass is 79.9. The minimum atomic E-state index is -1.30. The molecule has 22 heavy (non-hydrogen) atoms. The molecule has 0 aliphatic heterocycles. The molecule has 0 saturated heterocycles. The van der Waals surface area contributed by atoms with E-state index in [1.54, 1.807) is 44.2 Å². The number of carbonyl (C=O) groups excluding carboxylic acids is 2. The Balaban J connectivity index is 2.35. The van der Waals surface area contributed by atoms with Crippen molar-refractivity contribution < 1.29 is 18.7 Å². The van der Waals surface area contributed by atoms with Crippen molar-refractivity contribution in [3.63, 3.8) is 0 Å². The Morgan fingerprint density at radius 3 is 2.50 bits per heavy atom. The molecule has 5 nitrogen and oxygen atoms in total. The van der Waals surface area contributed by atoms with Gasteiger partial charge in [-0.25, -0.2) is 4.79 Å². The second-order valence-electron chi connectivity index (χ2n) is 4.78. The Labute approximate surface area is 136 Å². The molecule has 0 aliphatic rings. The van der Waals surface area contributed by atoms with Crippen LogP contribution in [0.15, 0.2) is 51.6 Å². The monoisotopic (exact) mass is 365 g/mol. The van der Waals surface area contributed by atoms with Gasteiger partial charge in [-0.1, -0.05) is 28.1 Å². The summed E-state index contributed by atoms with van der Waals surface area (Å²) in [5.74, 6) is -0.881. The molecule has 0 aliphatic carbocycles. The third kappa shape index (κ3) is 3.39. The SMILES string of the molecule is CCOC(=O)C(C)(NC(=O)c1ccco1)c1ccc(Br)cc1. The fraction of sp³-hybridized carbons (Fsp3) is 0.250. The van der Waals surface area contributed by atoms with Gasteiger partial charge in [-0.3, -0.25) is 4.79 Å². The highest BCUT2D eigenvalue weighted by molar-refractivity contribution is 9.10. The van der Waals surface area contributed by atoms with Crippen molar-refractivity contribution in [2.45, 2.75) is 19.4 Å². The number of nitrogens with one attached hydrogen (secondary N) is 1. The number of hydrogen-bond donors (Lipinski definition) is 1. The lowest BCUT2D eigenvalue weighted by atomic mass is 9.91. The summed E-state index contributed by atoms with van der Waals surface area (Å²) in [4.78, 5) is 24.6. The Hall–Kier alpha value is -2.08. The number of halogens is 1. The molecule has 1 aromatic heterocycles. The number of esters is 1. The molecule has 1 N–H and O–H groups in total. The van der Waals surface area contributed by atoms with Gasteiger partial charge in [0.25, 0.3) is 5.91 Å². The molecule has 1 unspecified atom stereocenters. The molecule has 116 valence electrons. The van der Waals surface area contributed by atoms with Crippen molar-refractivity contribution >= 4 is 27.8 Å². The minimum Gasteiger partial charge on any atom is -0.464 e. The first-order valence-electron chi connectivity index (χ1n) is 6.76.